The van der Waals surface area contributed by atoms with Gasteiger partial charge in [0.2, 0.25) is 0 Å². The van der Waals surface area contributed by atoms with Crippen LogP contribution in [0.15, 0.2) is 54.6 Å². The summed E-state index contributed by atoms with van der Waals surface area (Å²) in [7, 11) is -5.42. The Hall–Kier alpha value is -1.41. The van der Waals surface area contributed by atoms with Gasteiger partial charge in [0.05, 0.1) is 0 Å². The minimum absolute atomic E-state index is 0.542. The maximum atomic E-state index is 10.6. The van der Waals surface area contributed by atoms with Gasteiger partial charge in [0, 0.05) is 0 Å². The number of hydrogen-bond acceptors (Lipinski definition) is 3. The van der Waals surface area contributed by atoms with Gasteiger partial charge in [-0.25, -0.2) is 0 Å². The standard InChI is InChI=1S/C19H28O3Si2/c1-5-23(6-2,16(3)4)22-17-12-14-19(15-13-17)24(20,21)18-10-8-7-9-11-18/h7-16,20-21H,5-6H2,1-4H3. The lowest BCUT2D eigenvalue weighted by atomic mass is 10.3. The molecule has 0 aliphatic heterocycles. The van der Waals surface area contributed by atoms with Gasteiger partial charge in [-0.1, -0.05) is 70.2 Å². The largest absolute Gasteiger partial charge is 0.543 e. The zero-order chi connectivity index (χ0) is 17.8. The van der Waals surface area contributed by atoms with Crippen LogP contribution in [0.3, 0.4) is 0 Å². The average Bonchev–Trinajstić information content (AvgIpc) is 2.60. The van der Waals surface area contributed by atoms with Crippen molar-refractivity contribution < 1.29 is 14.0 Å². The lowest BCUT2D eigenvalue weighted by Crippen LogP contribution is -2.59. The van der Waals surface area contributed by atoms with Gasteiger partial charge in [0.1, 0.15) is 5.75 Å². The second-order valence-electron chi connectivity index (χ2n) is 6.59. The molecule has 2 rings (SSSR count). The molecule has 0 unspecified atom stereocenters. The number of hydrogen-bond donors (Lipinski definition) is 2. The van der Waals surface area contributed by atoms with Gasteiger partial charge in [-0.15, -0.1) is 0 Å². The fraction of sp³-hybridized carbons (Fsp3) is 0.368. The molecule has 0 bridgehead atoms. The summed E-state index contributed by atoms with van der Waals surface area (Å²) in [5, 5.41) is 1.16. The Bertz CT molecular complexity index is 635. The smallest absolute Gasteiger partial charge is 0.401 e. The maximum absolute atomic E-state index is 10.6. The maximum Gasteiger partial charge on any atom is 0.401 e. The van der Waals surface area contributed by atoms with Crippen LogP contribution in [0.5, 0.6) is 5.75 Å². The molecule has 0 amide bonds. The van der Waals surface area contributed by atoms with E-state index in [0.29, 0.717) is 15.9 Å². The second kappa shape index (κ2) is 7.65. The van der Waals surface area contributed by atoms with Gasteiger partial charge in [-0.2, -0.15) is 0 Å². The van der Waals surface area contributed by atoms with Crippen molar-refractivity contribution in [1.82, 2.24) is 0 Å². The van der Waals surface area contributed by atoms with Gasteiger partial charge in [-0.05, 0) is 40.1 Å². The van der Waals surface area contributed by atoms with Crippen molar-refractivity contribution in [2.24, 2.45) is 0 Å². The first-order valence-electron chi connectivity index (χ1n) is 8.65. The molecule has 24 heavy (non-hydrogen) atoms. The predicted molar refractivity (Wildman–Crippen MR) is 105 cm³/mol. The molecule has 0 heterocycles. The van der Waals surface area contributed by atoms with E-state index >= 15 is 0 Å². The molecule has 0 aromatic heterocycles. The van der Waals surface area contributed by atoms with Gasteiger partial charge in [0.15, 0.2) is 0 Å². The van der Waals surface area contributed by atoms with E-state index in [2.05, 4.69) is 27.7 Å². The fourth-order valence-electron chi connectivity index (χ4n) is 3.16. The van der Waals surface area contributed by atoms with E-state index < -0.39 is 16.9 Å². The molecular weight excluding hydrogens is 332 g/mol. The molecule has 0 saturated heterocycles. The van der Waals surface area contributed by atoms with Gasteiger partial charge in [-0.3, -0.25) is 0 Å². The van der Waals surface area contributed by atoms with Crippen molar-refractivity contribution in [3.63, 3.8) is 0 Å². The monoisotopic (exact) mass is 360 g/mol. The van der Waals surface area contributed by atoms with Crippen molar-refractivity contribution in [3.8, 4) is 5.75 Å². The molecule has 0 fully saturated rings. The summed E-state index contributed by atoms with van der Waals surface area (Å²) in [6, 6.07) is 18.5. The van der Waals surface area contributed by atoms with Crippen molar-refractivity contribution in [2.45, 2.75) is 45.3 Å². The number of rotatable bonds is 7. The molecule has 3 nitrogen and oxygen atoms in total. The minimum Gasteiger partial charge on any atom is -0.543 e. The van der Waals surface area contributed by atoms with Gasteiger partial charge < -0.3 is 14.0 Å². The van der Waals surface area contributed by atoms with Crippen LogP contribution in [-0.4, -0.2) is 26.5 Å². The Kier molecular flexibility index (Phi) is 6.03. The lowest BCUT2D eigenvalue weighted by molar-refractivity contribution is 0.401. The van der Waals surface area contributed by atoms with E-state index in [4.69, 9.17) is 4.43 Å². The summed E-state index contributed by atoms with van der Waals surface area (Å²) in [5.41, 5.74) is 0.542. The van der Waals surface area contributed by atoms with Crippen LogP contribution < -0.4 is 14.8 Å². The highest BCUT2D eigenvalue weighted by atomic mass is 28.4. The molecule has 0 radical (unpaired) electrons. The van der Waals surface area contributed by atoms with Crippen molar-refractivity contribution in [2.75, 3.05) is 0 Å². The molecule has 0 saturated carbocycles. The molecule has 0 spiro atoms. The molecule has 5 heteroatoms. The summed E-state index contributed by atoms with van der Waals surface area (Å²) >= 11 is 0. The Balaban J connectivity index is 2.25. The van der Waals surface area contributed by atoms with Gasteiger partial charge >= 0.3 is 8.56 Å². The summed E-state index contributed by atoms with van der Waals surface area (Å²) in [5.74, 6) is 0.834. The van der Waals surface area contributed by atoms with Crippen LogP contribution >= 0.6 is 0 Å². The van der Waals surface area contributed by atoms with Crippen LogP contribution in [-0.2, 0) is 0 Å². The lowest BCUT2D eigenvalue weighted by Gasteiger charge is -2.34. The summed E-state index contributed by atoms with van der Waals surface area (Å²) < 4.78 is 6.43. The quantitative estimate of drug-likeness (QED) is 0.746. The Labute approximate surface area is 147 Å². The molecule has 0 aliphatic carbocycles. The van der Waals surface area contributed by atoms with Crippen LogP contribution in [0.25, 0.3) is 0 Å². The molecule has 2 aromatic carbocycles. The van der Waals surface area contributed by atoms with E-state index in [1.54, 1.807) is 24.3 Å². The van der Waals surface area contributed by atoms with Crippen molar-refractivity contribution >= 4 is 27.3 Å². The number of benzene rings is 2. The highest BCUT2D eigenvalue weighted by Gasteiger charge is 2.37. The summed E-state index contributed by atoms with van der Waals surface area (Å²) in [6.45, 7) is 8.89. The summed E-state index contributed by atoms with van der Waals surface area (Å²) in [4.78, 5) is 21.2. The van der Waals surface area contributed by atoms with Gasteiger partial charge in [0.25, 0.3) is 8.32 Å². The normalized spacial score (nSPS) is 12.5. The molecule has 0 aliphatic rings. The Morgan fingerprint density at radius 1 is 0.833 bits per heavy atom. The third kappa shape index (κ3) is 3.80. The van der Waals surface area contributed by atoms with E-state index in [1.807, 2.05) is 30.3 Å². The topological polar surface area (TPSA) is 49.7 Å². The van der Waals surface area contributed by atoms with Crippen LogP contribution in [0, 0.1) is 0 Å². The first-order valence-corrected chi connectivity index (χ1v) is 12.9. The van der Waals surface area contributed by atoms with Crippen LogP contribution in [0.4, 0.5) is 0 Å². The highest BCUT2D eigenvalue weighted by Crippen LogP contribution is 2.31. The second-order valence-corrected chi connectivity index (χ2v) is 14.0. The van der Waals surface area contributed by atoms with E-state index in [1.165, 1.54) is 0 Å². The molecule has 2 aromatic rings. The molecular formula is C19H28O3Si2. The first kappa shape index (κ1) is 18.9. The molecule has 130 valence electrons. The Morgan fingerprint density at radius 2 is 1.33 bits per heavy atom. The van der Waals surface area contributed by atoms with E-state index in [-0.39, 0.29) is 0 Å². The van der Waals surface area contributed by atoms with Crippen molar-refractivity contribution in [1.29, 1.82) is 0 Å². The van der Waals surface area contributed by atoms with Crippen molar-refractivity contribution in [3.05, 3.63) is 54.6 Å². The molecule has 2 N–H and O–H groups in total. The highest BCUT2D eigenvalue weighted by molar-refractivity contribution is 6.90. The Morgan fingerprint density at radius 3 is 1.79 bits per heavy atom. The van der Waals surface area contributed by atoms with E-state index in [9.17, 15) is 9.59 Å². The molecule has 0 atom stereocenters. The SMILES string of the molecule is CC[Si](CC)(Oc1ccc([Si](O)(O)c2ccccc2)cc1)C(C)C. The summed E-state index contributed by atoms with van der Waals surface area (Å²) in [6.07, 6.45) is 0. The zero-order valence-electron chi connectivity index (χ0n) is 15.0. The van der Waals surface area contributed by atoms with Crippen LogP contribution in [0.1, 0.15) is 27.7 Å². The van der Waals surface area contributed by atoms with E-state index in [0.717, 1.165) is 17.8 Å². The predicted octanol–water partition coefficient (Wildman–Crippen LogP) is 3.00. The fourth-order valence-corrected chi connectivity index (χ4v) is 8.04. The average molecular weight is 361 g/mol. The first-order chi connectivity index (χ1) is 11.4. The third-order valence-electron chi connectivity index (χ3n) is 5.00. The zero-order valence-corrected chi connectivity index (χ0v) is 17.0. The van der Waals surface area contributed by atoms with Crippen LogP contribution in [0.2, 0.25) is 17.6 Å². The third-order valence-corrected chi connectivity index (χ3v) is 12.4. The minimum atomic E-state index is -3.62.